The summed E-state index contributed by atoms with van der Waals surface area (Å²) in [7, 11) is 0. The monoisotopic (exact) mass is 398 g/mol. The third kappa shape index (κ3) is 3.65. The van der Waals surface area contributed by atoms with Crippen molar-refractivity contribution in [2.75, 3.05) is 18.0 Å². The van der Waals surface area contributed by atoms with Crippen LogP contribution in [0.2, 0.25) is 0 Å². The maximum atomic E-state index is 13.0. The van der Waals surface area contributed by atoms with Gasteiger partial charge in [-0.25, -0.2) is 28.7 Å². The van der Waals surface area contributed by atoms with Gasteiger partial charge in [0.25, 0.3) is 6.43 Å². The quantitative estimate of drug-likeness (QED) is 0.640. The molecule has 29 heavy (non-hydrogen) atoms. The van der Waals surface area contributed by atoms with Gasteiger partial charge in [0.1, 0.15) is 17.2 Å². The van der Waals surface area contributed by atoms with Crippen molar-refractivity contribution in [2.45, 2.75) is 19.3 Å². The lowest BCUT2D eigenvalue weighted by molar-refractivity contribution is 0.145. The fourth-order valence-electron chi connectivity index (χ4n) is 3.59. The number of aromatic nitrogens is 5. The van der Waals surface area contributed by atoms with Crippen LogP contribution in [0.5, 0.6) is 0 Å². The highest BCUT2D eigenvalue weighted by Crippen LogP contribution is 2.27. The molecule has 0 saturated carbocycles. The Morgan fingerprint density at radius 2 is 2.14 bits per heavy atom. The summed E-state index contributed by atoms with van der Waals surface area (Å²) in [5.41, 5.74) is 7.08. The number of fused-ring (bicyclic) bond motifs is 1. The van der Waals surface area contributed by atoms with Gasteiger partial charge in [0.15, 0.2) is 11.5 Å². The van der Waals surface area contributed by atoms with Crippen molar-refractivity contribution < 1.29 is 8.78 Å². The Hall–Kier alpha value is -3.43. The third-order valence-electron chi connectivity index (χ3n) is 5.09. The lowest BCUT2D eigenvalue weighted by atomic mass is 9.91. The lowest BCUT2D eigenvalue weighted by Gasteiger charge is -2.34. The molecule has 3 aromatic rings. The van der Waals surface area contributed by atoms with Crippen LogP contribution < -0.4 is 10.6 Å². The van der Waals surface area contributed by atoms with Gasteiger partial charge in [0.05, 0.1) is 12.4 Å². The molecule has 150 valence electrons. The molecule has 10 heteroatoms. The van der Waals surface area contributed by atoms with Crippen molar-refractivity contribution in [3.05, 3.63) is 48.3 Å². The maximum Gasteiger partial charge on any atom is 0.281 e. The molecule has 4 rings (SSSR count). The summed E-state index contributed by atoms with van der Waals surface area (Å²) >= 11 is 0. The normalized spacial score (nSPS) is 17.8. The highest BCUT2D eigenvalue weighted by Gasteiger charge is 2.24. The highest BCUT2D eigenvalue weighted by molar-refractivity contribution is 5.76. The molecule has 1 aliphatic heterocycles. The Morgan fingerprint density at radius 1 is 1.28 bits per heavy atom. The van der Waals surface area contributed by atoms with Crippen LogP contribution in [0.3, 0.4) is 0 Å². The van der Waals surface area contributed by atoms with Gasteiger partial charge in [-0.3, -0.25) is 4.40 Å². The van der Waals surface area contributed by atoms with Crippen molar-refractivity contribution in [3.63, 3.8) is 0 Å². The molecule has 1 aliphatic rings. The smallest absolute Gasteiger partial charge is 0.281 e. The first-order valence-corrected chi connectivity index (χ1v) is 9.22. The minimum absolute atomic E-state index is 0.167. The minimum atomic E-state index is -2.68. The summed E-state index contributed by atoms with van der Waals surface area (Å²) in [5.74, 6) is 1.30. The van der Waals surface area contributed by atoms with Crippen molar-refractivity contribution in [3.8, 4) is 11.5 Å². The third-order valence-corrected chi connectivity index (χ3v) is 5.09. The molecule has 1 fully saturated rings. The molecule has 0 aliphatic carbocycles. The van der Waals surface area contributed by atoms with E-state index in [0.717, 1.165) is 30.8 Å². The number of hydrogen-bond acceptors (Lipinski definition) is 7. The SMILES string of the molecule is N=CC(=CN)C1CCCN(c2ccnc(-c3cnc4cnc(C(F)F)cn34)n2)C1. The van der Waals surface area contributed by atoms with E-state index in [4.69, 9.17) is 11.1 Å². The Labute approximate surface area is 165 Å². The number of hydrogen-bond donors (Lipinski definition) is 2. The standard InChI is InChI=1S/C19H20F2N8/c20-18(21)14-11-29-15(8-26-17(29)9-25-14)19-24-4-3-16(27-19)28-5-1-2-12(10-28)13(6-22)7-23/h3-4,6-9,11-12,18,22H,1-2,5,10,23H2. The van der Waals surface area contributed by atoms with Gasteiger partial charge >= 0.3 is 0 Å². The first-order valence-electron chi connectivity index (χ1n) is 9.22. The van der Waals surface area contributed by atoms with E-state index >= 15 is 0 Å². The molecular formula is C19H20F2N8. The van der Waals surface area contributed by atoms with Crippen LogP contribution in [-0.2, 0) is 0 Å². The average Bonchev–Trinajstić information content (AvgIpc) is 3.18. The molecule has 0 bridgehead atoms. The molecule has 3 N–H and O–H groups in total. The molecule has 1 unspecified atom stereocenters. The molecular weight excluding hydrogens is 378 g/mol. The van der Waals surface area contributed by atoms with E-state index in [0.29, 0.717) is 23.7 Å². The second-order valence-corrected chi connectivity index (χ2v) is 6.82. The number of nitrogens with two attached hydrogens (primary N) is 1. The molecule has 0 spiro atoms. The van der Waals surface area contributed by atoms with E-state index in [1.54, 1.807) is 12.4 Å². The number of nitrogens with one attached hydrogen (secondary N) is 1. The van der Waals surface area contributed by atoms with Crippen molar-refractivity contribution >= 4 is 17.7 Å². The number of nitrogens with zero attached hydrogens (tertiary/aromatic N) is 6. The zero-order valence-corrected chi connectivity index (χ0v) is 15.5. The summed E-state index contributed by atoms with van der Waals surface area (Å²) in [5, 5.41) is 7.53. The van der Waals surface area contributed by atoms with Crippen molar-refractivity contribution in [1.82, 2.24) is 24.3 Å². The predicted molar refractivity (Wildman–Crippen MR) is 105 cm³/mol. The van der Waals surface area contributed by atoms with Crippen molar-refractivity contribution in [2.24, 2.45) is 11.7 Å². The van der Waals surface area contributed by atoms with Gasteiger partial charge in [-0.2, -0.15) is 0 Å². The van der Waals surface area contributed by atoms with E-state index in [1.165, 1.54) is 29.2 Å². The molecule has 3 aromatic heterocycles. The molecule has 4 heterocycles. The average molecular weight is 398 g/mol. The van der Waals surface area contributed by atoms with Crippen LogP contribution in [0, 0.1) is 11.3 Å². The van der Waals surface area contributed by atoms with E-state index in [-0.39, 0.29) is 11.6 Å². The minimum Gasteiger partial charge on any atom is -0.404 e. The van der Waals surface area contributed by atoms with Gasteiger partial charge in [0, 0.05) is 37.6 Å². The Bertz CT molecular complexity index is 1060. The maximum absolute atomic E-state index is 13.0. The zero-order chi connectivity index (χ0) is 20.4. The van der Waals surface area contributed by atoms with Crippen LogP contribution in [0.25, 0.3) is 17.2 Å². The largest absolute Gasteiger partial charge is 0.404 e. The topological polar surface area (TPSA) is 109 Å². The molecule has 8 nitrogen and oxygen atoms in total. The van der Waals surface area contributed by atoms with Gasteiger partial charge in [-0.05, 0) is 30.7 Å². The summed E-state index contributed by atoms with van der Waals surface area (Å²) < 4.78 is 27.6. The van der Waals surface area contributed by atoms with Crippen LogP contribution in [0.15, 0.2) is 42.6 Å². The Kier molecular flexibility index (Phi) is 5.15. The molecule has 1 saturated heterocycles. The fraction of sp³-hybridized carbons (Fsp3) is 0.316. The van der Waals surface area contributed by atoms with Gasteiger partial charge in [-0.1, -0.05) is 0 Å². The van der Waals surface area contributed by atoms with E-state index in [2.05, 4.69) is 24.8 Å². The molecule has 0 aromatic carbocycles. The summed E-state index contributed by atoms with van der Waals surface area (Å²) in [6.45, 7) is 1.52. The number of anilines is 1. The van der Waals surface area contributed by atoms with Gasteiger partial charge in [-0.15, -0.1) is 0 Å². The van der Waals surface area contributed by atoms with E-state index in [9.17, 15) is 8.78 Å². The number of halogens is 2. The predicted octanol–water partition coefficient (Wildman–Crippen LogP) is 2.83. The second-order valence-electron chi connectivity index (χ2n) is 6.82. The first-order chi connectivity index (χ1) is 14.1. The van der Waals surface area contributed by atoms with E-state index in [1.807, 2.05) is 6.07 Å². The number of piperidine rings is 1. The zero-order valence-electron chi connectivity index (χ0n) is 15.5. The number of alkyl halides is 2. The van der Waals surface area contributed by atoms with Gasteiger partial charge < -0.3 is 16.0 Å². The van der Waals surface area contributed by atoms with Crippen molar-refractivity contribution in [1.29, 1.82) is 5.41 Å². The van der Waals surface area contributed by atoms with Crippen LogP contribution in [-0.4, -0.2) is 43.6 Å². The highest BCUT2D eigenvalue weighted by atomic mass is 19.3. The summed E-state index contributed by atoms with van der Waals surface area (Å²) in [4.78, 5) is 19.0. The number of imidazole rings is 1. The van der Waals surface area contributed by atoms with Crippen LogP contribution in [0.4, 0.5) is 14.6 Å². The summed E-state index contributed by atoms with van der Waals surface area (Å²) in [6, 6.07) is 1.82. The Morgan fingerprint density at radius 3 is 2.90 bits per heavy atom. The first kappa shape index (κ1) is 18.9. The Balaban J connectivity index is 1.67. The van der Waals surface area contributed by atoms with Crippen LogP contribution >= 0.6 is 0 Å². The molecule has 0 radical (unpaired) electrons. The molecule has 0 amide bonds. The second kappa shape index (κ2) is 7.90. The van der Waals surface area contributed by atoms with E-state index < -0.39 is 6.43 Å². The molecule has 1 atom stereocenters. The van der Waals surface area contributed by atoms with Gasteiger partial charge in [0.2, 0.25) is 0 Å². The summed E-state index contributed by atoms with van der Waals surface area (Å²) in [6.07, 6.45) is 7.79. The lowest BCUT2D eigenvalue weighted by Crippen LogP contribution is -2.37. The number of rotatable bonds is 5. The van der Waals surface area contributed by atoms with Crippen LogP contribution in [0.1, 0.15) is 25.0 Å². The fourth-order valence-corrected chi connectivity index (χ4v) is 3.59.